The molecule has 1 amide bonds. The summed E-state index contributed by atoms with van der Waals surface area (Å²) in [5.41, 5.74) is 2.61. The maximum absolute atomic E-state index is 12.1. The zero-order valence-corrected chi connectivity index (χ0v) is 15.4. The van der Waals surface area contributed by atoms with Crippen molar-refractivity contribution in [1.82, 2.24) is 5.32 Å². The quantitative estimate of drug-likeness (QED) is 0.703. The minimum atomic E-state index is -3.42. The van der Waals surface area contributed by atoms with Crippen LogP contribution in [0, 0.1) is 13.8 Å². The Morgan fingerprint density at radius 2 is 1.74 bits per heavy atom. The average molecular weight is 340 g/mol. The van der Waals surface area contributed by atoms with Crippen LogP contribution in [-0.4, -0.2) is 33.7 Å². The Hall–Kier alpha value is -1.56. The van der Waals surface area contributed by atoms with Crippen LogP contribution in [0.5, 0.6) is 0 Å². The molecule has 0 saturated heterocycles. The third-order valence-electron chi connectivity index (χ3n) is 3.54. The van der Waals surface area contributed by atoms with E-state index in [1.54, 1.807) is 0 Å². The van der Waals surface area contributed by atoms with E-state index in [1.807, 2.05) is 32.0 Å². The zero-order valence-electron chi connectivity index (χ0n) is 14.6. The van der Waals surface area contributed by atoms with Gasteiger partial charge in [0.2, 0.25) is 15.9 Å². The van der Waals surface area contributed by atoms with E-state index in [-0.39, 0.29) is 18.9 Å². The fourth-order valence-corrected chi connectivity index (χ4v) is 3.39. The summed E-state index contributed by atoms with van der Waals surface area (Å²) in [6.45, 7) is 6.76. The van der Waals surface area contributed by atoms with Gasteiger partial charge in [-0.05, 0) is 43.5 Å². The van der Waals surface area contributed by atoms with Gasteiger partial charge in [-0.15, -0.1) is 0 Å². The first-order valence-corrected chi connectivity index (χ1v) is 9.91. The average Bonchev–Trinajstić information content (AvgIpc) is 2.41. The number of rotatable bonds is 9. The molecule has 23 heavy (non-hydrogen) atoms. The molecule has 0 saturated carbocycles. The number of unbranched alkanes of at least 4 members (excludes halogenated alkanes) is 2. The molecule has 130 valence electrons. The van der Waals surface area contributed by atoms with Crippen molar-refractivity contribution in [2.75, 3.05) is 23.7 Å². The molecule has 0 unspecified atom stereocenters. The van der Waals surface area contributed by atoms with Crippen LogP contribution >= 0.6 is 0 Å². The second kappa shape index (κ2) is 8.91. The van der Waals surface area contributed by atoms with Crippen molar-refractivity contribution in [1.29, 1.82) is 0 Å². The maximum atomic E-state index is 12.1. The monoisotopic (exact) mass is 340 g/mol. The Labute approximate surface area is 140 Å². The molecule has 0 aliphatic carbocycles. The summed E-state index contributed by atoms with van der Waals surface area (Å²) in [6.07, 6.45) is 4.47. The van der Waals surface area contributed by atoms with Crippen LogP contribution in [0.25, 0.3) is 0 Å². The van der Waals surface area contributed by atoms with Crippen molar-refractivity contribution in [3.8, 4) is 0 Å². The van der Waals surface area contributed by atoms with Gasteiger partial charge in [0.1, 0.15) is 0 Å². The predicted octanol–water partition coefficient (Wildman–Crippen LogP) is 2.77. The van der Waals surface area contributed by atoms with E-state index in [4.69, 9.17) is 0 Å². The summed E-state index contributed by atoms with van der Waals surface area (Å²) in [6, 6.07) is 5.64. The number of nitrogens with one attached hydrogen (secondary N) is 1. The van der Waals surface area contributed by atoms with Crippen molar-refractivity contribution in [2.45, 2.75) is 46.5 Å². The van der Waals surface area contributed by atoms with Crippen LogP contribution in [-0.2, 0) is 14.8 Å². The van der Waals surface area contributed by atoms with Crippen molar-refractivity contribution in [2.24, 2.45) is 0 Å². The number of sulfonamides is 1. The minimum absolute atomic E-state index is 0.112. The lowest BCUT2D eigenvalue weighted by Crippen LogP contribution is -2.35. The Kier molecular flexibility index (Phi) is 7.55. The SMILES string of the molecule is CCCCCNC(=O)CCN(c1cc(C)cc(C)c1)S(C)(=O)=O. The maximum Gasteiger partial charge on any atom is 0.232 e. The zero-order chi connectivity index (χ0) is 17.5. The van der Waals surface area contributed by atoms with Gasteiger partial charge in [0, 0.05) is 19.5 Å². The number of hydrogen-bond acceptors (Lipinski definition) is 3. The van der Waals surface area contributed by atoms with Gasteiger partial charge in [0.25, 0.3) is 0 Å². The van der Waals surface area contributed by atoms with E-state index in [1.165, 1.54) is 10.6 Å². The van der Waals surface area contributed by atoms with Gasteiger partial charge in [-0.25, -0.2) is 8.42 Å². The van der Waals surface area contributed by atoms with Crippen molar-refractivity contribution >= 4 is 21.6 Å². The molecule has 1 rings (SSSR count). The number of benzene rings is 1. The molecule has 0 bridgehead atoms. The molecule has 0 aliphatic heterocycles. The topological polar surface area (TPSA) is 66.5 Å². The van der Waals surface area contributed by atoms with Gasteiger partial charge in [-0.1, -0.05) is 25.8 Å². The molecule has 0 radical (unpaired) electrons. The summed E-state index contributed by atoms with van der Waals surface area (Å²) in [5, 5.41) is 2.84. The van der Waals surface area contributed by atoms with Gasteiger partial charge in [-0.3, -0.25) is 9.10 Å². The van der Waals surface area contributed by atoms with Crippen LogP contribution < -0.4 is 9.62 Å². The molecule has 1 aromatic rings. The van der Waals surface area contributed by atoms with Gasteiger partial charge in [0.05, 0.1) is 11.9 Å². The summed E-state index contributed by atoms with van der Waals surface area (Å²) in [7, 11) is -3.42. The van der Waals surface area contributed by atoms with E-state index >= 15 is 0 Å². The fraction of sp³-hybridized carbons (Fsp3) is 0.588. The number of hydrogen-bond donors (Lipinski definition) is 1. The van der Waals surface area contributed by atoms with Crippen LogP contribution in [0.4, 0.5) is 5.69 Å². The van der Waals surface area contributed by atoms with Gasteiger partial charge in [0.15, 0.2) is 0 Å². The van der Waals surface area contributed by atoms with E-state index in [0.717, 1.165) is 30.4 Å². The minimum Gasteiger partial charge on any atom is -0.356 e. The summed E-state index contributed by atoms with van der Waals surface area (Å²) >= 11 is 0. The molecule has 0 aromatic heterocycles. The third kappa shape index (κ3) is 7.03. The summed E-state index contributed by atoms with van der Waals surface area (Å²) < 4.78 is 25.4. The Bertz CT molecular complexity index is 606. The summed E-state index contributed by atoms with van der Waals surface area (Å²) in [5.74, 6) is -0.112. The highest BCUT2D eigenvalue weighted by Gasteiger charge is 2.19. The lowest BCUT2D eigenvalue weighted by atomic mass is 10.1. The van der Waals surface area contributed by atoms with Crippen LogP contribution in [0.15, 0.2) is 18.2 Å². The number of anilines is 1. The van der Waals surface area contributed by atoms with Crippen LogP contribution in [0.1, 0.15) is 43.7 Å². The third-order valence-corrected chi connectivity index (χ3v) is 4.73. The molecule has 5 nitrogen and oxygen atoms in total. The van der Waals surface area contributed by atoms with Gasteiger partial charge >= 0.3 is 0 Å². The molecule has 1 N–H and O–H groups in total. The number of amides is 1. The molecule has 0 fully saturated rings. The first-order chi connectivity index (χ1) is 10.7. The fourth-order valence-electron chi connectivity index (χ4n) is 2.48. The molecule has 0 atom stereocenters. The van der Waals surface area contributed by atoms with E-state index in [9.17, 15) is 13.2 Å². The molecule has 0 aliphatic rings. The molecular formula is C17H28N2O3S. The standard InChI is InChI=1S/C17H28N2O3S/c1-5-6-7-9-18-17(20)8-10-19(23(4,21)22)16-12-14(2)11-15(3)13-16/h11-13H,5-10H2,1-4H3,(H,18,20). The molecular weight excluding hydrogens is 312 g/mol. The largest absolute Gasteiger partial charge is 0.356 e. The van der Waals surface area contributed by atoms with E-state index in [2.05, 4.69) is 12.2 Å². The lowest BCUT2D eigenvalue weighted by molar-refractivity contribution is -0.120. The highest BCUT2D eigenvalue weighted by atomic mass is 32.2. The van der Waals surface area contributed by atoms with E-state index < -0.39 is 10.0 Å². The number of aryl methyl sites for hydroxylation is 2. The Balaban J connectivity index is 2.72. The molecule has 1 aromatic carbocycles. The van der Waals surface area contributed by atoms with Crippen LogP contribution in [0.3, 0.4) is 0 Å². The Morgan fingerprint density at radius 3 is 2.26 bits per heavy atom. The van der Waals surface area contributed by atoms with Crippen molar-refractivity contribution < 1.29 is 13.2 Å². The smallest absolute Gasteiger partial charge is 0.232 e. The predicted molar refractivity (Wildman–Crippen MR) is 95.3 cm³/mol. The lowest BCUT2D eigenvalue weighted by Gasteiger charge is -2.23. The highest BCUT2D eigenvalue weighted by Crippen LogP contribution is 2.21. The Morgan fingerprint density at radius 1 is 1.13 bits per heavy atom. The van der Waals surface area contributed by atoms with Gasteiger partial charge < -0.3 is 5.32 Å². The van der Waals surface area contributed by atoms with E-state index in [0.29, 0.717) is 12.2 Å². The normalized spacial score (nSPS) is 11.3. The number of carbonyl (C=O) groups excluding carboxylic acids is 1. The number of carbonyl (C=O) groups is 1. The van der Waals surface area contributed by atoms with Crippen molar-refractivity contribution in [3.63, 3.8) is 0 Å². The highest BCUT2D eigenvalue weighted by molar-refractivity contribution is 7.92. The number of nitrogens with zero attached hydrogens (tertiary/aromatic N) is 1. The second-order valence-corrected chi connectivity index (χ2v) is 7.89. The summed E-state index contributed by atoms with van der Waals surface area (Å²) in [4.78, 5) is 11.9. The first kappa shape index (κ1) is 19.5. The van der Waals surface area contributed by atoms with Crippen molar-refractivity contribution in [3.05, 3.63) is 29.3 Å². The molecule has 6 heteroatoms. The molecule has 0 spiro atoms. The second-order valence-electron chi connectivity index (χ2n) is 5.99. The molecule has 0 heterocycles. The van der Waals surface area contributed by atoms with Gasteiger partial charge in [-0.2, -0.15) is 0 Å². The van der Waals surface area contributed by atoms with Crippen LogP contribution in [0.2, 0.25) is 0 Å². The first-order valence-electron chi connectivity index (χ1n) is 8.06.